The van der Waals surface area contributed by atoms with Gasteiger partial charge in [-0.15, -0.1) is 0 Å². The number of para-hydroxylation sites is 2. The smallest absolute Gasteiger partial charge is 0.260 e. The zero-order chi connectivity index (χ0) is 23.4. The van der Waals surface area contributed by atoms with Crippen LogP contribution in [0.5, 0.6) is 17.2 Å². The number of hydrogen-bond donors (Lipinski definition) is 0. The van der Waals surface area contributed by atoms with E-state index in [0.717, 1.165) is 0 Å². The molecular formula is C25H30N2O5. The van der Waals surface area contributed by atoms with Crippen molar-refractivity contribution >= 4 is 22.4 Å². The van der Waals surface area contributed by atoms with E-state index < -0.39 is 0 Å². The number of hydrogen-bond acceptors (Lipinski definition) is 5. The first-order chi connectivity index (χ1) is 15.3. The van der Waals surface area contributed by atoms with E-state index in [9.17, 15) is 9.59 Å². The molecule has 0 spiro atoms. The molecular weight excluding hydrogens is 408 g/mol. The molecule has 0 radical (unpaired) electrons. The molecule has 1 heterocycles. The van der Waals surface area contributed by atoms with Gasteiger partial charge in [-0.05, 0) is 37.1 Å². The maximum Gasteiger partial charge on any atom is 0.260 e. The van der Waals surface area contributed by atoms with Crippen LogP contribution in [0.25, 0.3) is 10.8 Å². The molecule has 170 valence electrons. The fourth-order valence-corrected chi connectivity index (χ4v) is 3.72. The van der Waals surface area contributed by atoms with Crippen LogP contribution in [0.1, 0.15) is 31.1 Å². The van der Waals surface area contributed by atoms with Crippen molar-refractivity contribution in [1.29, 1.82) is 0 Å². The van der Waals surface area contributed by atoms with Crippen molar-refractivity contribution in [1.82, 2.24) is 4.57 Å². The number of methoxy groups -OCH3 is 2. The number of aromatic nitrogens is 1. The van der Waals surface area contributed by atoms with Gasteiger partial charge in [0.05, 0.1) is 37.5 Å². The summed E-state index contributed by atoms with van der Waals surface area (Å²) >= 11 is 0. The number of anilines is 1. The Bertz CT molecular complexity index is 1180. The van der Waals surface area contributed by atoms with Crippen molar-refractivity contribution in [2.45, 2.75) is 27.3 Å². The molecule has 3 aromatic rings. The van der Waals surface area contributed by atoms with E-state index in [-0.39, 0.29) is 17.4 Å². The second-order valence-corrected chi connectivity index (χ2v) is 7.91. The summed E-state index contributed by atoms with van der Waals surface area (Å²) in [5.41, 5.74) is 0.869. The lowest BCUT2D eigenvalue weighted by atomic mass is 10.0. The number of ether oxygens (including phenoxy) is 3. The number of rotatable bonds is 8. The number of carbonyl (C=O) groups excluding carboxylic acids is 1. The highest BCUT2D eigenvalue weighted by atomic mass is 16.5. The lowest BCUT2D eigenvalue weighted by molar-refractivity contribution is 0.0993. The Morgan fingerprint density at radius 1 is 1.03 bits per heavy atom. The van der Waals surface area contributed by atoms with Crippen molar-refractivity contribution in [3.63, 3.8) is 0 Å². The van der Waals surface area contributed by atoms with Crippen molar-refractivity contribution in [3.05, 3.63) is 58.5 Å². The number of benzene rings is 2. The Labute approximate surface area is 188 Å². The summed E-state index contributed by atoms with van der Waals surface area (Å²) in [5, 5.41) is 0.916. The van der Waals surface area contributed by atoms with Crippen LogP contribution in [-0.2, 0) is 6.54 Å². The molecule has 7 heteroatoms. The number of pyridine rings is 1. The van der Waals surface area contributed by atoms with E-state index in [4.69, 9.17) is 14.2 Å². The third kappa shape index (κ3) is 4.42. The minimum atomic E-state index is -0.258. The van der Waals surface area contributed by atoms with Gasteiger partial charge in [-0.3, -0.25) is 9.59 Å². The molecule has 3 rings (SSSR count). The van der Waals surface area contributed by atoms with Gasteiger partial charge in [0.2, 0.25) is 0 Å². The second-order valence-electron chi connectivity index (χ2n) is 7.91. The molecule has 0 N–H and O–H groups in total. The number of carbonyl (C=O) groups is 1. The van der Waals surface area contributed by atoms with Crippen LogP contribution >= 0.6 is 0 Å². The summed E-state index contributed by atoms with van der Waals surface area (Å²) in [5.74, 6) is 1.47. The van der Waals surface area contributed by atoms with Crippen LogP contribution in [0.15, 0.2) is 47.4 Å². The number of nitrogens with zero attached hydrogens (tertiary/aromatic N) is 2. The first-order valence-corrected chi connectivity index (χ1v) is 10.6. The van der Waals surface area contributed by atoms with Gasteiger partial charge in [0.1, 0.15) is 5.75 Å². The first-order valence-electron chi connectivity index (χ1n) is 10.6. The van der Waals surface area contributed by atoms with Gasteiger partial charge in [0.25, 0.3) is 11.5 Å². The average molecular weight is 439 g/mol. The first kappa shape index (κ1) is 23.2. The monoisotopic (exact) mass is 438 g/mol. The fraction of sp³-hybridized carbons (Fsp3) is 0.360. The van der Waals surface area contributed by atoms with E-state index in [2.05, 4.69) is 0 Å². The minimum Gasteiger partial charge on any atom is -0.493 e. The second kappa shape index (κ2) is 9.77. The van der Waals surface area contributed by atoms with Gasteiger partial charge in [-0.2, -0.15) is 0 Å². The quantitative estimate of drug-likeness (QED) is 0.523. The van der Waals surface area contributed by atoms with Crippen LogP contribution in [0.2, 0.25) is 0 Å². The van der Waals surface area contributed by atoms with Gasteiger partial charge < -0.3 is 23.7 Å². The molecule has 0 fully saturated rings. The van der Waals surface area contributed by atoms with E-state index in [1.807, 2.05) is 45.0 Å². The van der Waals surface area contributed by atoms with Gasteiger partial charge >= 0.3 is 0 Å². The summed E-state index contributed by atoms with van der Waals surface area (Å²) in [7, 11) is 4.74. The SMILES string of the molecule is CCOc1ccccc1N(C)C(=O)c1cn(CC(C)C)c(=O)c2cc(OC)c(OC)cc12. The number of amides is 1. The highest BCUT2D eigenvalue weighted by Crippen LogP contribution is 2.34. The molecule has 2 aromatic carbocycles. The van der Waals surface area contributed by atoms with Crippen LogP contribution in [0.4, 0.5) is 5.69 Å². The van der Waals surface area contributed by atoms with Crippen LogP contribution in [0, 0.1) is 5.92 Å². The summed E-state index contributed by atoms with van der Waals surface area (Å²) in [6.45, 7) is 6.92. The Balaban J connectivity index is 2.25. The third-order valence-corrected chi connectivity index (χ3v) is 5.21. The molecule has 0 aliphatic heterocycles. The Morgan fingerprint density at radius 3 is 2.25 bits per heavy atom. The standard InChI is InChI=1S/C25H30N2O5/c1-7-32-21-11-9-8-10-20(21)26(4)24(28)19-15-27(14-16(2)3)25(29)18-13-23(31-6)22(30-5)12-17(18)19/h8-13,15-16H,7,14H2,1-6H3. The maximum absolute atomic E-state index is 13.7. The van der Waals surface area contributed by atoms with Crippen molar-refractivity contribution in [3.8, 4) is 17.2 Å². The predicted molar refractivity (Wildman–Crippen MR) is 126 cm³/mol. The molecule has 0 aliphatic carbocycles. The maximum atomic E-state index is 13.7. The van der Waals surface area contributed by atoms with Gasteiger partial charge in [-0.25, -0.2) is 0 Å². The average Bonchev–Trinajstić information content (AvgIpc) is 2.79. The topological polar surface area (TPSA) is 70.0 Å². The zero-order valence-electron chi connectivity index (χ0n) is 19.5. The highest BCUT2D eigenvalue weighted by molar-refractivity contribution is 6.14. The largest absolute Gasteiger partial charge is 0.493 e. The summed E-state index contributed by atoms with van der Waals surface area (Å²) in [6.07, 6.45) is 1.64. The molecule has 0 saturated carbocycles. The molecule has 0 saturated heterocycles. The Morgan fingerprint density at radius 2 is 1.66 bits per heavy atom. The predicted octanol–water partition coefficient (Wildman–Crippen LogP) is 4.35. The lowest BCUT2D eigenvalue weighted by Gasteiger charge is -2.22. The normalized spacial score (nSPS) is 11.0. The van der Waals surface area contributed by atoms with Gasteiger partial charge in [0.15, 0.2) is 11.5 Å². The third-order valence-electron chi connectivity index (χ3n) is 5.21. The lowest BCUT2D eigenvalue weighted by Crippen LogP contribution is -2.30. The molecule has 0 atom stereocenters. The van der Waals surface area contributed by atoms with Crippen LogP contribution in [-0.4, -0.2) is 38.3 Å². The molecule has 1 amide bonds. The molecule has 1 aromatic heterocycles. The van der Waals surface area contributed by atoms with E-state index in [0.29, 0.717) is 52.4 Å². The zero-order valence-corrected chi connectivity index (χ0v) is 19.5. The Kier molecular flexibility index (Phi) is 7.08. The van der Waals surface area contributed by atoms with E-state index in [1.54, 1.807) is 34.8 Å². The molecule has 0 bridgehead atoms. The summed E-state index contributed by atoms with van der Waals surface area (Å²) in [6, 6.07) is 10.7. The molecule has 0 aliphatic rings. The van der Waals surface area contributed by atoms with Crippen molar-refractivity contribution in [2.24, 2.45) is 5.92 Å². The summed E-state index contributed by atoms with van der Waals surface area (Å²) < 4.78 is 18.1. The highest BCUT2D eigenvalue weighted by Gasteiger charge is 2.23. The fourth-order valence-electron chi connectivity index (χ4n) is 3.72. The van der Waals surface area contributed by atoms with Crippen molar-refractivity contribution in [2.75, 3.05) is 32.8 Å². The van der Waals surface area contributed by atoms with E-state index >= 15 is 0 Å². The molecule has 7 nitrogen and oxygen atoms in total. The molecule has 0 unspecified atom stereocenters. The minimum absolute atomic E-state index is 0.177. The van der Waals surface area contributed by atoms with Gasteiger partial charge in [0, 0.05) is 25.2 Å². The molecule has 32 heavy (non-hydrogen) atoms. The summed E-state index contributed by atoms with van der Waals surface area (Å²) in [4.78, 5) is 28.5. The van der Waals surface area contributed by atoms with Crippen LogP contribution < -0.4 is 24.7 Å². The number of fused-ring (bicyclic) bond motifs is 1. The van der Waals surface area contributed by atoms with E-state index in [1.165, 1.54) is 14.2 Å². The Hall–Kier alpha value is -3.48. The van der Waals surface area contributed by atoms with Crippen molar-refractivity contribution < 1.29 is 19.0 Å². The van der Waals surface area contributed by atoms with Crippen LogP contribution in [0.3, 0.4) is 0 Å². The van der Waals surface area contributed by atoms with Gasteiger partial charge in [-0.1, -0.05) is 26.0 Å².